The van der Waals surface area contributed by atoms with Crippen LogP contribution in [0.4, 0.5) is 24.8 Å². The van der Waals surface area contributed by atoms with E-state index >= 15 is 0 Å². The average Bonchev–Trinajstić information content (AvgIpc) is 2.85. The summed E-state index contributed by atoms with van der Waals surface area (Å²) in [5, 5.41) is 2.81. The number of halogens is 3. The van der Waals surface area contributed by atoms with Crippen LogP contribution in [-0.2, 0) is 5.75 Å². The van der Waals surface area contributed by atoms with E-state index in [1.807, 2.05) is 30.3 Å². The molecule has 0 unspecified atom stereocenters. The maximum atomic E-state index is 14.8. The zero-order valence-electron chi connectivity index (χ0n) is 17.3. The van der Waals surface area contributed by atoms with Crippen molar-refractivity contribution in [3.63, 3.8) is 0 Å². The molecule has 2 aromatic carbocycles. The number of benzene rings is 2. The fourth-order valence-corrected chi connectivity index (χ4v) is 3.67. The van der Waals surface area contributed by atoms with Crippen LogP contribution >= 0.6 is 11.9 Å². The Hall–Kier alpha value is -3.79. The predicted molar refractivity (Wildman–Crippen MR) is 123 cm³/mol. The summed E-state index contributed by atoms with van der Waals surface area (Å²) < 4.78 is 52.1. The van der Waals surface area contributed by atoms with E-state index < -0.39 is 28.9 Å². The zero-order chi connectivity index (χ0) is 23.2. The summed E-state index contributed by atoms with van der Waals surface area (Å²) in [7, 11) is 1.66. The van der Waals surface area contributed by atoms with Crippen molar-refractivity contribution < 1.29 is 17.9 Å². The van der Waals surface area contributed by atoms with Gasteiger partial charge >= 0.3 is 0 Å². The third-order valence-electron chi connectivity index (χ3n) is 4.51. The van der Waals surface area contributed by atoms with E-state index in [9.17, 15) is 13.2 Å². The first-order valence-corrected chi connectivity index (χ1v) is 10.8. The summed E-state index contributed by atoms with van der Waals surface area (Å²) in [6.45, 7) is 0. The molecule has 0 saturated heterocycles. The maximum Gasteiger partial charge on any atom is 0.228 e. The van der Waals surface area contributed by atoms with E-state index in [0.717, 1.165) is 23.6 Å². The average molecular weight is 469 g/mol. The molecule has 10 heteroatoms. The van der Waals surface area contributed by atoms with E-state index in [2.05, 4.69) is 25.0 Å². The lowest BCUT2D eigenvalue weighted by molar-refractivity contribution is 0.401. The molecule has 0 aliphatic rings. The molecule has 2 aromatic heterocycles. The summed E-state index contributed by atoms with van der Waals surface area (Å²) in [6, 6.07) is 15.0. The second-order valence-corrected chi connectivity index (χ2v) is 7.49. The van der Waals surface area contributed by atoms with Gasteiger partial charge in [-0.3, -0.25) is 0 Å². The van der Waals surface area contributed by atoms with Gasteiger partial charge in [0.15, 0.2) is 17.4 Å². The number of ether oxygens (including phenoxy) is 1. The number of rotatable bonds is 8. The quantitative estimate of drug-likeness (QED) is 0.240. The minimum atomic E-state index is -1.39. The first-order valence-electron chi connectivity index (χ1n) is 9.80. The van der Waals surface area contributed by atoms with Crippen LogP contribution in [0.15, 0.2) is 67.0 Å². The van der Waals surface area contributed by atoms with E-state index in [-0.39, 0.29) is 5.88 Å². The van der Waals surface area contributed by atoms with Gasteiger partial charge in [0.2, 0.25) is 17.6 Å². The van der Waals surface area contributed by atoms with Crippen molar-refractivity contribution in [1.29, 1.82) is 0 Å². The van der Waals surface area contributed by atoms with Crippen molar-refractivity contribution in [2.45, 2.75) is 5.75 Å². The standard InChI is InChI=1S/C23H18F3N5OS/c1-27-23-29-11-9-17(30-23)15-8-5-10-28-22(15)32-18-12-16(24)21(20(26)19(18)25)31-33-13-14-6-3-2-4-7-14/h2-12,31H,13H2,1H3,(H,27,29,30). The second kappa shape index (κ2) is 10.2. The van der Waals surface area contributed by atoms with Gasteiger partial charge in [0.1, 0.15) is 5.69 Å². The highest BCUT2D eigenvalue weighted by molar-refractivity contribution is 7.99. The molecule has 0 bridgehead atoms. The van der Waals surface area contributed by atoms with Crippen molar-refractivity contribution in [3.8, 4) is 22.9 Å². The Kier molecular flexibility index (Phi) is 6.94. The van der Waals surface area contributed by atoms with Crippen molar-refractivity contribution >= 4 is 23.6 Å². The third kappa shape index (κ3) is 5.17. The van der Waals surface area contributed by atoms with Crippen molar-refractivity contribution in [2.75, 3.05) is 17.1 Å². The van der Waals surface area contributed by atoms with Crippen molar-refractivity contribution in [3.05, 3.63) is 90.0 Å². The molecular formula is C23H18F3N5OS. The Labute approximate surface area is 192 Å². The number of anilines is 2. The van der Waals surface area contributed by atoms with Crippen molar-refractivity contribution in [2.24, 2.45) is 0 Å². The SMILES string of the molecule is CNc1nccc(-c2cccnc2Oc2cc(F)c(NSCc3ccccc3)c(F)c2F)n1. The number of nitrogens with zero attached hydrogens (tertiary/aromatic N) is 3. The summed E-state index contributed by atoms with van der Waals surface area (Å²) >= 11 is 1.04. The van der Waals surface area contributed by atoms with E-state index in [1.54, 1.807) is 25.2 Å². The van der Waals surface area contributed by atoms with Crippen LogP contribution in [0, 0.1) is 17.5 Å². The third-order valence-corrected chi connectivity index (χ3v) is 5.34. The van der Waals surface area contributed by atoms with Crippen LogP contribution in [0.1, 0.15) is 5.56 Å². The highest BCUT2D eigenvalue weighted by atomic mass is 32.2. The van der Waals surface area contributed by atoms with Crippen LogP contribution in [0.2, 0.25) is 0 Å². The van der Waals surface area contributed by atoms with Gasteiger partial charge in [-0.2, -0.15) is 4.39 Å². The summed E-state index contributed by atoms with van der Waals surface area (Å²) in [6.07, 6.45) is 2.94. The van der Waals surface area contributed by atoms with Gasteiger partial charge in [0.25, 0.3) is 0 Å². The van der Waals surface area contributed by atoms with Gasteiger partial charge in [-0.05, 0) is 35.7 Å². The summed E-state index contributed by atoms with van der Waals surface area (Å²) in [5.74, 6) is -3.63. The fourth-order valence-electron chi connectivity index (χ4n) is 2.91. The number of hydrogen-bond acceptors (Lipinski definition) is 7. The molecule has 168 valence electrons. The van der Waals surface area contributed by atoms with E-state index in [0.29, 0.717) is 23.0 Å². The van der Waals surface area contributed by atoms with Gasteiger partial charge in [0, 0.05) is 31.3 Å². The van der Waals surface area contributed by atoms with Gasteiger partial charge in [-0.25, -0.2) is 23.7 Å². The minimum absolute atomic E-state index is 0.0601. The van der Waals surface area contributed by atoms with E-state index in [4.69, 9.17) is 4.74 Å². The molecule has 0 aliphatic carbocycles. The smallest absolute Gasteiger partial charge is 0.228 e. The van der Waals surface area contributed by atoms with Crippen LogP contribution in [0.25, 0.3) is 11.3 Å². The van der Waals surface area contributed by atoms with Gasteiger partial charge in [-0.1, -0.05) is 30.3 Å². The lowest BCUT2D eigenvalue weighted by Crippen LogP contribution is -2.03. The molecule has 0 spiro atoms. The van der Waals surface area contributed by atoms with Gasteiger partial charge in [0.05, 0.1) is 11.3 Å². The molecule has 4 aromatic rings. The van der Waals surface area contributed by atoms with Crippen LogP contribution < -0.4 is 14.8 Å². The first kappa shape index (κ1) is 22.4. The molecule has 6 nitrogen and oxygen atoms in total. The number of nitrogens with one attached hydrogen (secondary N) is 2. The highest BCUT2D eigenvalue weighted by Gasteiger charge is 2.22. The predicted octanol–water partition coefficient (Wildman–Crippen LogP) is 6.05. The summed E-state index contributed by atoms with van der Waals surface area (Å²) in [5.41, 5.74) is 1.20. The van der Waals surface area contributed by atoms with E-state index in [1.165, 1.54) is 12.4 Å². The molecule has 2 N–H and O–H groups in total. The van der Waals surface area contributed by atoms with Gasteiger partial charge < -0.3 is 14.8 Å². The normalized spacial score (nSPS) is 10.7. The van der Waals surface area contributed by atoms with Gasteiger partial charge in [-0.15, -0.1) is 0 Å². The Morgan fingerprint density at radius 3 is 2.55 bits per heavy atom. The molecule has 0 saturated carbocycles. The summed E-state index contributed by atoms with van der Waals surface area (Å²) in [4.78, 5) is 12.4. The zero-order valence-corrected chi connectivity index (χ0v) is 18.2. The molecule has 4 rings (SSSR count). The lowest BCUT2D eigenvalue weighted by atomic mass is 10.2. The molecule has 2 heterocycles. The minimum Gasteiger partial charge on any atom is -0.435 e. The fraction of sp³-hybridized carbons (Fsp3) is 0.0870. The molecule has 0 atom stereocenters. The van der Waals surface area contributed by atoms with Crippen molar-refractivity contribution in [1.82, 2.24) is 15.0 Å². The number of hydrogen-bond donors (Lipinski definition) is 2. The highest BCUT2D eigenvalue weighted by Crippen LogP contribution is 2.36. The number of aromatic nitrogens is 3. The molecule has 33 heavy (non-hydrogen) atoms. The Bertz CT molecular complexity index is 1260. The number of pyridine rings is 1. The lowest BCUT2D eigenvalue weighted by Gasteiger charge is -2.14. The maximum absolute atomic E-state index is 14.8. The second-order valence-electron chi connectivity index (χ2n) is 6.71. The molecular weight excluding hydrogens is 451 g/mol. The Morgan fingerprint density at radius 1 is 0.939 bits per heavy atom. The monoisotopic (exact) mass is 469 g/mol. The molecule has 0 aliphatic heterocycles. The molecule has 0 amide bonds. The van der Waals surface area contributed by atoms with Crippen LogP contribution in [0.3, 0.4) is 0 Å². The first-order chi connectivity index (χ1) is 16.1. The van der Waals surface area contributed by atoms with Crippen LogP contribution in [0.5, 0.6) is 11.6 Å². The van der Waals surface area contributed by atoms with Crippen LogP contribution in [-0.4, -0.2) is 22.0 Å². The topological polar surface area (TPSA) is 72.0 Å². The molecule has 0 fully saturated rings. The Morgan fingerprint density at radius 2 is 1.76 bits per heavy atom. The largest absolute Gasteiger partial charge is 0.435 e. The Balaban J connectivity index is 1.57. The molecule has 0 radical (unpaired) electrons.